The maximum Gasteiger partial charge on any atom is 0.271 e. The average molecular weight is 409 g/mol. The van der Waals surface area contributed by atoms with Crippen LogP contribution in [0.5, 0.6) is 5.75 Å². The minimum Gasteiger partial charge on any atom is -0.496 e. The molecule has 1 N–H and O–H groups in total. The van der Waals surface area contributed by atoms with Crippen molar-refractivity contribution in [3.05, 3.63) is 88.4 Å². The molecule has 0 aromatic heterocycles. The first-order valence-corrected chi connectivity index (χ1v) is 8.79. The molecule has 0 bridgehead atoms. The number of ether oxygens (including phenoxy) is 1. The third kappa shape index (κ3) is 4.37. The average Bonchev–Trinajstić information content (AvgIpc) is 2.69. The van der Waals surface area contributed by atoms with Crippen LogP contribution < -0.4 is 10.2 Å². The zero-order valence-corrected chi connectivity index (χ0v) is 15.7. The number of benzene rings is 3. The molecule has 0 radical (unpaired) electrons. The molecule has 3 rings (SSSR count). The number of rotatable bonds is 5. The zero-order chi connectivity index (χ0) is 18.4. The monoisotopic (exact) mass is 408 g/mol. The van der Waals surface area contributed by atoms with Gasteiger partial charge in [0.15, 0.2) is 0 Å². The number of nitrogens with one attached hydrogen (secondary N) is 1. The van der Waals surface area contributed by atoms with Crippen LogP contribution in [0.25, 0.3) is 11.1 Å². The van der Waals surface area contributed by atoms with Gasteiger partial charge in [-0.1, -0.05) is 54.6 Å². The number of methoxy groups -OCH3 is 1. The van der Waals surface area contributed by atoms with Crippen LogP contribution in [0, 0.1) is 0 Å². The molecule has 26 heavy (non-hydrogen) atoms. The first-order chi connectivity index (χ1) is 12.7. The summed E-state index contributed by atoms with van der Waals surface area (Å²) in [6.45, 7) is 0. The van der Waals surface area contributed by atoms with E-state index >= 15 is 0 Å². The van der Waals surface area contributed by atoms with Gasteiger partial charge in [-0.3, -0.25) is 4.79 Å². The van der Waals surface area contributed by atoms with Crippen molar-refractivity contribution in [1.29, 1.82) is 0 Å². The predicted octanol–water partition coefficient (Wildman–Crippen LogP) is 4.89. The normalized spacial score (nSPS) is 10.7. The van der Waals surface area contributed by atoms with Gasteiger partial charge in [0.1, 0.15) is 5.75 Å². The summed E-state index contributed by atoms with van der Waals surface area (Å²) >= 11 is 3.36. The summed E-state index contributed by atoms with van der Waals surface area (Å²) in [5.74, 6) is 0.383. The third-order valence-electron chi connectivity index (χ3n) is 3.81. The molecule has 0 saturated heterocycles. The second-order valence-electron chi connectivity index (χ2n) is 5.54. The Labute approximate surface area is 160 Å². The van der Waals surface area contributed by atoms with E-state index < -0.39 is 0 Å². The number of hydrogen-bond acceptors (Lipinski definition) is 3. The van der Waals surface area contributed by atoms with E-state index in [4.69, 9.17) is 4.74 Å². The molecule has 0 aliphatic heterocycles. The summed E-state index contributed by atoms with van der Waals surface area (Å²) in [5.41, 5.74) is 6.22. The van der Waals surface area contributed by atoms with E-state index in [0.29, 0.717) is 15.8 Å². The summed E-state index contributed by atoms with van der Waals surface area (Å²) in [6.07, 6.45) is 1.62. The number of halogens is 1. The molecule has 0 fully saturated rings. The number of carbonyl (C=O) groups excluding carboxylic acids is 1. The highest BCUT2D eigenvalue weighted by molar-refractivity contribution is 9.10. The number of hydrazone groups is 1. The Balaban J connectivity index is 1.63. The Morgan fingerprint density at radius 1 is 1.00 bits per heavy atom. The molecule has 0 saturated carbocycles. The van der Waals surface area contributed by atoms with Crippen LogP contribution in [-0.4, -0.2) is 19.2 Å². The smallest absolute Gasteiger partial charge is 0.271 e. The maximum atomic E-state index is 12.1. The Morgan fingerprint density at radius 2 is 1.69 bits per heavy atom. The summed E-state index contributed by atoms with van der Waals surface area (Å²) in [7, 11) is 1.58. The Hall–Kier alpha value is -2.92. The van der Waals surface area contributed by atoms with Crippen LogP contribution >= 0.6 is 15.9 Å². The summed E-state index contributed by atoms with van der Waals surface area (Å²) in [4.78, 5) is 12.1. The number of hydrogen-bond donors (Lipinski definition) is 1. The van der Waals surface area contributed by atoms with Crippen LogP contribution in [0.3, 0.4) is 0 Å². The van der Waals surface area contributed by atoms with E-state index in [1.54, 1.807) is 31.5 Å². The Kier molecular flexibility index (Phi) is 5.81. The zero-order valence-electron chi connectivity index (χ0n) is 14.1. The van der Waals surface area contributed by atoms with E-state index in [2.05, 4.69) is 38.6 Å². The molecule has 0 aliphatic carbocycles. The maximum absolute atomic E-state index is 12.1. The van der Waals surface area contributed by atoms with E-state index in [9.17, 15) is 4.79 Å². The molecule has 0 aliphatic rings. The van der Waals surface area contributed by atoms with Gasteiger partial charge in [0.2, 0.25) is 0 Å². The highest BCUT2D eigenvalue weighted by Gasteiger charge is 2.07. The van der Waals surface area contributed by atoms with Crippen molar-refractivity contribution in [2.75, 3.05) is 7.11 Å². The molecule has 0 heterocycles. The van der Waals surface area contributed by atoms with Crippen molar-refractivity contribution < 1.29 is 9.53 Å². The van der Waals surface area contributed by atoms with E-state index in [1.165, 1.54) is 0 Å². The van der Waals surface area contributed by atoms with Crippen molar-refractivity contribution in [2.45, 2.75) is 0 Å². The molecular weight excluding hydrogens is 392 g/mol. The molecule has 0 atom stereocenters. The molecule has 0 spiro atoms. The summed E-state index contributed by atoms with van der Waals surface area (Å²) in [6, 6.07) is 23.2. The molecule has 4 nitrogen and oxygen atoms in total. The Morgan fingerprint density at radius 3 is 2.35 bits per heavy atom. The quantitative estimate of drug-likeness (QED) is 0.482. The van der Waals surface area contributed by atoms with Gasteiger partial charge < -0.3 is 4.74 Å². The molecule has 130 valence electrons. The SMILES string of the molecule is COc1ccc(C(=O)N/N=C/c2ccc(-c3ccccc3)cc2)cc1Br. The van der Waals surface area contributed by atoms with Crippen LogP contribution in [0.2, 0.25) is 0 Å². The molecule has 3 aromatic carbocycles. The molecule has 5 heteroatoms. The lowest BCUT2D eigenvalue weighted by Crippen LogP contribution is -2.17. The lowest BCUT2D eigenvalue weighted by Gasteiger charge is -2.05. The van der Waals surface area contributed by atoms with Gasteiger partial charge in [-0.05, 0) is 50.8 Å². The van der Waals surface area contributed by atoms with E-state index in [-0.39, 0.29) is 5.91 Å². The van der Waals surface area contributed by atoms with Gasteiger partial charge in [-0.25, -0.2) is 5.43 Å². The van der Waals surface area contributed by atoms with Crippen molar-refractivity contribution in [3.8, 4) is 16.9 Å². The standard InChI is InChI=1S/C21H17BrN2O2/c1-26-20-12-11-18(13-19(20)22)21(25)24-23-14-15-7-9-17(10-8-15)16-5-3-2-4-6-16/h2-14H,1H3,(H,24,25)/b23-14+. The summed E-state index contributed by atoms with van der Waals surface area (Å²) in [5, 5.41) is 4.02. The van der Waals surface area contributed by atoms with Crippen LogP contribution in [0.15, 0.2) is 82.4 Å². The largest absolute Gasteiger partial charge is 0.496 e. The predicted molar refractivity (Wildman–Crippen MR) is 108 cm³/mol. The fourth-order valence-corrected chi connectivity index (χ4v) is 2.97. The lowest BCUT2D eigenvalue weighted by molar-refractivity contribution is 0.0955. The number of carbonyl (C=O) groups is 1. The highest BCUT2D eigenvalue weighted by atomic mass is 79.9. The van der Waals surface area contributed by atoms with Crippen molar-refractivity contribution in [2.24, 2.45) is 5.10 Å². The van der Waals surface area contributed by atoms with Crippen LogP contribution in [-0.2, 0) is 0 Å². The van der Waals surface area contributed by atoms with Crippen molar-refractivity contribution in [3.63, 3.8) is 0 Å². The first kappa shape index (κ1) is 17.9. The number of amides is 1. The third-order valence-corrected chi connectivity index (χ3v) is 4.43. The second kappa shape index (κ2) is 8.45. The topological polar surface area (TPSA) is 50.7 Å². The van der Waals surface area contributed by atoms with Gasteiger partial charge in [0, 0.05) is 5.56 Å². The van der Waals surface area contributed by atoms with Gasteiger partial charge in [0.05, 0.1) is 17.8 Å². The lowest BCUT2D eigenvalue weighted by atomic mass is 10.0. The minimum atomic E-state index is -0.287. The molecular formula is C21H17BrN2O2. The second-order valence-corrected chi connectivity index (χ2v) is 6.39. The van der Waals surface area contributed by atoms with Crippen molar-refractivity contribution >= 4 is 28.1 Å². The van der Waals surface area contributed by atoms with Gasteiger partial charge in [-0.2, -0.15) is 5.10 Å². The van der Waals surface area contributed by atoms with E-state index in [1.807, 2.05) is 42.5 Å². The van der Waals surface area contributed by atoms with Gasteiger partial charge in [0.25, 0.3) is 5.91 Å². The fraction of sp³-hybridized carbons (Fsp3) is 0.0476. The van der Waals surface area contributed by atoms with Crippen molar-refractivity contribution in [1.82, 2.24) is 5.43 Å². The fourth-order valence-electron chi connectivity index (χ4n) is 2.43. The molecule has 3 aromatic rings. The summed E-state index contributed by atoms with van der Waals surface area (Å²) < 4.78 is 5.87. The van der Waals surface area contributed by atoms with E-state index in [0.717, 1.165) is 16.7 Å². The minimum absolute atomic E-state index is 0.287. The first-order valence-electron chi connectivity index (χ1n) is 8.00. The van der Waals surface area contributed by atoms with Crippen LogP contribution in [0.4, 0.5) is 0 Å². The van der Waals surface area contributed by atoms with Gasteiger partial charge >= 0.3 is 0 Å². The highest BCUT2D eigenvalue weighted by Crippen LogP contribution is 2.25. The van der Waals surface area contributed by atoms with Crippen LogP contribution in [0.1, 0.15) is 15.9 Å². The van der Waals surface area contributed by atoms with Gasteiger partial charge in [-0.15, -0.1) is 0 Å². The Bertz CT molecular complexity index is 923. The molecule has 1 amide bonds. The molecule has 0 unspecified atom stereocenters. The number of nitrogens with zero attached hydrogens (tertiary/aromatic N) is 1.